The van der Waals surface area contributed by atoms with E-state index in [1.165, 1.54) is 23.9 Å². The summed E-state index contributed by atoms with van der Waals surface area (Å²) in [6.07, 6.45) is 5.89. The minimum absolute atomic E-state index is 0.0599. The Kier molecular flexibility index (Phi) is 5.10. The van der Waals surface area contributed by atoms with Gasteiger partial charge in [-0.15, -0.1) is 0 Å². The SMILES string of the molecule is C[B]c1cnc(C(=O)Nc2ccc(F)c(C34CCCC3CSC(N)=N4)c2)nc1. The van der Waals surface area contributed by atoms with Crippen LogP contribution in [0.4, 0.5) is 10.1 Å². The zero-order valence-electron chi connectivity index (χ0n) is 15.5. The largest absolute Gasteiger partial charge is 0.379 e. The second-order valence-electron chi connectivity index (χ2n) is 7.05. The van der Waals surface area contributed by atoms with Crippen molar-refractivity contribution in [2.45, 2.75) is 31.6 Å². The van der Waals surface area contributed by atoms with Crippen molar-refractivity contribution >= 4 is 41.3 Å². The van der Waals surface area contributed by atoms with Crippen molar-refractivity contribution in [1.29, 1.82) is 0 Å². The van der Waals surface area contributed by atoms with Gasteiger partial charge in [-0.2, -0.15) is 0 Å². The molecule has 3 N–H and O–H groups in total. The van der Waals surface area contributed by atoms with Crippen LogP contribution in [-0.2, 0) is 5.54 Å². The summed E-state index contributed by atoms with van der Waals surface area (Å²) in [4.78, 5) is 25.3. The molecule has 0 bridgehead atoms. The van der Waals surface area contributed by atoms with Gasteiger partial charge in [0.25, 0.3) is 5.91 Å². The van der Waals surface area contributed by atoms with Crippen LogP contribution in [0.2, 0.25) is 6.82 Å². The van der Waals surface area contributed by atoms with Gasteiger partial charge >= 0.3 is 0 Å². The van der Waals surface area contributed by atoms with Gasteiger partial charge in [-0.1, -0.05) is 30.5 Å². The molecule has 1 aliphatic carbocycles. The molecule has 1 fully saturated rings. The summed E-state index contributed by atoms with van der Waals surface area (Å²) < 4.78 is 14.8. The molecular formula is C19H20BFN5OS. The number of benzene rings is 1. The van der Waals surface area contributed by atoms with E-state index >= 15 is 0 Å². The minimum Gasteiger partial charge on any atom is -0.379 e. The van der Waals surface area contributed by atoms with Gasteiger partial charge in [0.2, 0.25) is 5.82 Å². The first-order valence-electron chi connectivity index (χ1n) is 9.23. The molecule has 0 saturated heterocycles. The molecule has 1 aliphatic heterocycles. The summed E-state index contributed by atoms with van der Waals surface area (Å²) in [5.74, 6) is 0.367. The second kappa shape index (κ2) is 7.54. The van der Waals surface area contributed by atoms with Crippen LogP contribution >= 0.6 is 11.8 Å². The number of nitrogens with one attached hydrogen (secondary N) is 1. The molecule has 1 amide bonds. The molecule has 6 nitrogen and oxygen atoms in total. The molecule has 2 heterocycles. The molecule has 2 aliphatic rings. The Morgan fingerprint density at radius 3 is 2.93 bits per heavy atom. The van der Waals surface area contributed by atoms with E-state index in [1.807, 2.05) is 14.1 Å². The van der Waals surface area contributed by atoms with Gasteiger partial charge in [0.15, 0.2) is 12.4 Å². The monoisotopic (exact) mass is 396 g/mol. The van der Waals surface area contributed by atoms with Crippen molar-refractivity contribution in [2.75, 3.05) is 11.1 Å². The lowest BCUT2D eigenvalue weighted by Gasteiger charge is -2.36. The number of hydrogen-bond acceptors (Lipinski definition) is 6. The van der Waals surface area contributed by atoms with Gasteiger partial charge in [-0.25, -0.2) is 14.4 Å². The molecule has 4 rings (SSSR count). The lowest BCUT2D eigenvalue weighted by molar-refractivity contribution is 0.101. The topological polar surface area (TPSA) is 93.3 Å². The number of nitrogens with two attached hydrogens (primary N) is 1. The number of aliphatic imine (C=N–C) groups is 1. The first-order valence-corrected chi connectivity index (χ1v) is 10.2. The summed E-state index contributed by atoms with van der Waals surface area (Å²) in [7, 11) is 1.85. The molecule has 1 aromatic heterocycles. The van der Waals surface area contributed by atoms with E-state index in [0.29, 0.717) is 16.4 Å². The highest BCUT2D eigenvalue weighted by Gasteiger charge is 2.48. The number of fused-ring (bicyclic) bond motifs is 1. The first kappa shape index (κ1) is 18.9. The van der Waals surface area contributed by atoms with Crippen molar-refractivity contribution in [2.24, 2.45) is 16.6 Å². The average Bonchev–Trinajstić information content (AvgIpc) is 3.13. The predicted molar refractivity (Wildman–Crippen MR) is 111 cm³/mol. The Labute approximate surface area is 167 Å². The number of hydrogen-bond donors (Lipinski definition) is 2. The Morgan fingerprint density at radius 2 is 2.18 bits per heavy atom. The highest BCUT2D eigenvalue weighted by atomic mass is 32.2. The molecule has 1 radical (unpaired) electrons. The van der Waals surface area contributed by atoms with E-state index in [9.17, 15) is 9.18 Å². The normalized spacial score (nSPS) is 23.6. The summed E-state index contributed by atoms with van der Waals surface area (Å²) in [5.41, 5.74) is 7.15. The van der Waals surface area contributed by atoms with Crippen molar-refractivity contribution in [3.63, 3.8) is 0 Å². The predicted octanol–water partition coefficient (Wildman–Crippen LogP) is 2.30. The van der Waals surface area contributed by atoms with Crippen LogP contribution in [0.3, 0.4) is 0 Å². The Hall–Kier alpha value is -2.42. The fraction of sp³-hybridized carbons (Fsp3) is 0.368. The zero-order chi connectivity index (χ0) is 19.7. The summed E-state index contributed by atoms with van der Waals surface area (Å²) in [5, 5.41) is 3.26. The molecule has 0 spiro atoms. The number of carbonyl (C=O) groups is 1. The summed E-state index contributed by atoms with van der Waals surface area (Å²) in [6, 6.07) is 4.58. The molecule has 1 saturated carbocycles. The van der Waals surface area contributed by atoms with Gasteiger partial charge in [0.05, 0.1) is 5.54 Å². The molecule has 28 heavy (non-hydrogen) atoms. The van der Waals surface area contributed by atoms with Crippen LogP contribution < -0.4 is 16.5 Å². The average molecular weight is 396 g/mol. The number of nitrogens with zero attached hydrogens (tertiary/aromatic N) is 3. The number of amides is 1. The standard InChI is InChI=1S/C19H20BFN5OS/c1-20-12-8-23-16(24-9-12)17(27)25-13-4-5-15(21)14(7-13)19-6-2-3-11(19)10-28-18(22)26-19/h4-5,7-9,11H,2-3,6,10H2,1H3,(H2,22,26)(H,25,27). The maximum absolute atomic E-state index is 14.8. The highest BCUT2D eigenvalue weighted by molar-refractivity contribution is 8.13. The number of rotatable bonds is 4. The highest BCUT2D eigenvalue weighted by Crippen LogP contribution is 2.51. The Balaban J connectivity index is 1.64. The molecule has 2 atom stereocenters. The van der Waals surface area contributed by atoms with Gasteiger partial charge < -0.3 is 11.1 Å². The van der Waals surface area contributed by atoms with Gasteiger partial charge in [-0.05, 0) is 37.0 Å². The zero-order valence-corrected chi connectivity index (χ0v) is 16.3. The Bertz CT molecular complexity index is 938. The fourth-order valence-electron chi connectivity index (χ4n) is 3.99. The van der Waals surface area contributed by atoms with Crippen molar-refractivity contribution in [1.82, 2.24) is 9.97 Å². The van der Waals surface area contributed by atoms with Crippen LogP contribution in [0.25, 0.3) is 0 Å². The van der Waals surface area contributed by atoms with E-state index in [4.69, 9.17) is 5.73 Å². The number of carbonyl (C=O) groups excluding carboxylic acids is 1. The maximum Gasteiger partial charge on any atom is 0.293 e. The third kappa shape index (κ3) is 3.39. The van der Waals surface area contributed by atoms with Crippen LogP contribution in [-0.4, -0.2) is 34.1 Å². The number of aromatic nitrogens is 2. The Morgan fingerprint density at radius 1 is 1.39 bits per heavy atom. The van der Waals surface area contributed by atoms with Gasteiger partial charge in [0, 0.05) is 29.4 Å². The molecular weight excluding hydrogens is 376 g/mol. The van der Waals surface area contributed by atoms with Crippen LogP contribution in [0, 0.1) is 11.7 Å². The first-order chi connectivity index (χ1) is 13.5. The number of amidine groups is 1. The van der Waals surface area contributed by atoms with Crippen molar-refractivity contribution in [3.8, 4) is 0 Å². The van der Waals surface area contributed by atoms with E-state index < -0.39 is 11.4 Å². The number of thioether (sulfide) groups is 1. The van der Waals surface area contributed by atoms with Crippen molar-refractivity contribution in [3.05, 3.63) is 47.8 Å². The second-order valence-corrected chi connectivity index (χ2v) is 8.09. The number of anilines is 1. The minimum atomic E-state index is -0.644. The van der Waals surface area contributed by atoms with E-state index in [1.54, 1.807) is 18.5 Å². The van der Waals surface area contributed by atoms with E-state index in [-0.39, 0.29) is 17.6 Å². The van der Waals surface area contributed by atoms with Crippen LogP contribution in [0.1, 0.15) is 35.4 Å². The molecule has 2 unspecified atom stereocenters. The smallest absolute Gasteiger partial charge is 0.293 e. The summed E-state index contributed by atoms with van der Waals surface area (Å²) in [6.45, 7) is 1.87. The lowest BCUT2D eigenvalue weighted by Crippen LogP contribution is -2.37. The number of halogens is 1. The lowest BCUT2D eigenvalue weighted by atomic mass is 9.75. The van der Waals surface area contributed by atoms with E-state index in [0.717, 1.165) is 30.5 Å². The molecule has 9 heteroatoms. The van der Waals surface area contributed by atoms with Gasteiger partial charge in [0.1, 0.15) is 5.82 Å². The fourth-order valence-corrected chi connectivity index (χ4v) is 5.03. The molecule has 2 aromatic rings. The van der Waals surface area contributed by atoms with Crippen molar-refractivity contribution < 1.29 is 9.18 Å². The third-order valence-electron chi connectivity index (χ3n) is 5.43. The maximum atomic E-state index is 14.8. The van der Waals surface area contributed by atoms with Crippen LogP contribution in [0.15, 0.2) is 35.6 Å². The molecule has 1 aromatic carbocycles. The van der Waals surface area contributed by atoms with E-state index in [2.05, 4.69) is 20.3 Å². The van der Waals surface area contributed by atoms with Crippen LogP contribution in [0.5, 0.6) is 0 Å². The quantitative estimate of drug-likeness (QED) is 0.774. The van der Waals surface area contributed by atoms with Gasteiger partial charge in [-0.3, -0.25) is 9.79 Å². The summed E-state index contributed by atoms with van der Waals surface area (Å²) >= 11 is 1.53. The third-order valence-corrected chi connectivity index (χ3v) is 6.38. The molecule has 143 valence electrons.